The van der Waals surface area contributed by atoms with Crippen LogP contribution < -0.4 is 5.32 Å². The number of nitrogens with zero attached hydrogens (tertiary/aromatic N) is 3. The van der Waals surface area contributed by atoms with Crippen LogP contribution in [0.4, 0.5) is 0 Å². The van der Waals surface area contributed by atoms with E-state index >= 15 is 0 Å². The molecule has 6 heteroatoms. The van der Waals surface area contributed by atoms with E-state index in [-0.39, 0.29) is 11.8 Å². The van der Waals surface area contributed by atoms with Crippen molar-refractivity contribution >= 4 is 11.8 Å². The second kappa shape index (κ2) is 8.45. The first-order chi connectivity index (χ1) is 14.6. The number of aromatic nitrogens is 2. The number of pyridine rings is 2. The minimum atomic E-state index is -0.683. The SMILES string of the molecule is CNC(=O)C1(Cc2ccccc2-c2cccnc2)CCN(C(=O)c2ccccn2)C1. The van der Waals surface area contributed by atoms with E-state index in [9.17, 15) is 9.59 Å². The van der Waals surface area contributed by atoms with Gasteiger partial charge in [0.25, 0.3) is 5.91 Å². The molecule has 1 fully saturated rings. The molecule has 0 spiro atoms. The van der Waals surface area contributed by atoms with Gasteiger partial charge in [-0.3, -0.25) is 19.6 Å². The summed E-state index contributed by atoms with van der Waals surface area (Å²) in [4.78, 5) is 36.1. The van der Waals surface area contributed by atoms with Crippen LogP contribution in [0, 0.1) is 5.41 Å². The normalized spacial score (nSPS) is 18.2. The van der Waals surface area contributed by atoms with Crippen LogP contribution in [0.1, 0.15) is 22.5 Å². The molecule has 0 radical (unpaired) electrons. The Balaban J connectivity index is 1.64. The van der Waals surface area contributed by atoms with Crippen LogP contribution in [-0.4, -0.2) is 46.8 Å². The molecule has 152 valence electrons. The molecule has 1 aliphatic heterocycles. The maximum absolute atomic E-state index is 13.0. The molecule has 2 aromatic heterocycles. The fourth-order valence-corrected chi connectivity index (χ4v) is 4.21. The summed E-state index contributed by atoms with van der Waals surface area (Å²) in [5.74, 6) is -0.179. The van der Waals surface area contributed by atoms with Gasteiger partial charge in [-0.2, -0.15) is 0 Å². The number of carbonyl (C=O) groups excluding carboxylic acids is 2. The molecule has 1 saturated heterocycles. The molecule has 0 aliphatic carbocycles. The fraction of sp³-hybridized carbons (Fsp3) is 0.250. The van der Waals surface area contributed by atoms with Crippen molar-refractivity contribution in [1.29, 1.82) is 0 Å². The van der Waals surface area contributed by atoms with E-state index in [0.29, 0.717) is 31.6 Å². The van der Waals surface area contributed by atoms with E-state index in [0.717, 1.165) is 16.7 Å². The summed E-state index contributed by atoms with van der Waals surface area (Å²) < 4.78 is 0. The standard InChI is InChI=1S/C24H24N4O2/c1-25-23(30)24(11-14-28(17-24)22(29)21-10-4-5-13-27-21)15-18-7-2-3-9-20(18)19-8-6-12-26-16-19/h2-10,12-13,16H,11,14-15,17H2,1H3,(H,25,30). The van der Waals surface area contributed by atoms with Crippen LogP contribution in [0.2, 0.25) is 0 Å². The van der Waals surface area contributed by atoms with Crippen molar-refractivity contribution in [3.8, 4) is 11.1 Å². The maximum Gasteiger partial charge on any atom is 0.272 e. The Morgan fingerprint density at radius 2 is 1.90 bits per heavy atom. The van der Waals surface area contributed by atoms with Crippen molar-refractivity contribution in [2.75, 3.05) is 20.1 Å². The molecular formula is C24H24N4O2. The summed E-state index contributed by atoms with van der Waals surface area (Å²) in [6.45, 7) is 0.890. The topological polar surface area (TPSA) is 75.2 Å². The Morgan fingerprint density at radius 3 is 2.63 bits per heavy atom. The molecule has 1 unspecified atom stereocenters. The molecule has 6 nitrogen and oxygen atoms in total. The molecule has 1 aliphatic rings. The van der Waals surface area contributed by atoms with Crippen molar-refractivity contribution in [2.45, 2.75) is 12.8 Å². The molecule has 30 heavy (non-hydrogen) atoms. The highest BCUT2D eigenvalue weighted by molar-refractivity contribution is 5.94. The third kappa shape index (κ3) is 3.81. The van der Waals surface area contributed by atoms with Crippen LogP contribution in [-0.2, 0) is 11.2 Å². The van der Waals surface area contributed by atoms with Gasteiger partial charge in [-0.05, 0) is 42.2 Å². The van der Waals surface area contributed by atoms with E-state index in [1.165, 1.54) is 0 Å². The average Bonchev–Trinajstić information content (AvgIpc) is 3.24. The zero-order valence-electron chi connectivity index (χ0n) is 16.9. The molecule has 1 atom stereocenters. The average molecular weight is 400 g/mol. The minimum absolute atomic E-state index is 0.0418. The van der Waals surface area contributed by atoms with Gasteiger partial charge < -0.3 is 10.2 Å². The predicted octanol–water partition coefficient (Wildman–Crippen LogP) is 2.96. The van der Waals surface area contributed by atoms with E-state index in [1.54, 1.807) is 42.5 Å². The lowest BCUT2D eigenvalue weighted by Crippen LogP contribution is -2.44. The van der Waals surface area contributed by atoms with E-state index < -0.39 is 5.41 Å². The van der Waals surface area contributed by atoms with Gasteiger partial charge in [0.1, 0.15) is 5.69 Å². The van der Waals surface area contributed by atoms with Gasteiger partial charge in [0, 0.05) is 44.3 Å². The van der Waals surface area contributed by atoms with E-state index in [4.69, 9.17) is 0 Å². The third-order valence-corrected chi connectivity index (χ3v) is 5.75. The van der Waals surface area contributed by atoms with E-state index in [1.807, 2.05) is 30.5 Å². The van der Waals surface area contributed by atoms with Crippen molar-refractivity contribution in [3.05, 3.63) is 84.4 Å². The number of benzene rings is 1. The summed E-state index contributed by atoms with van der Waals surface area (Å²) in [6.07, 6.45) is 6.34. The second-order valence-electron chi connectivity index (χ2n) is 7.63. The Labute approximate surface area is 176 Å². The lowest BCUT2D eigenvalue weighted by molar-refractivity contribution is -0.129. The van der Waals surface area contributed by atoms with E-state index in [2.05, 4.69) is 27.4 Å². The van der Waals surface area contributed by atoms with Crippen LogP contribution in [0.3, 0.4) is 0 Å². The fourth-order valence-electron chi connectivity index (χ4n) is 4.21. The van der Waals surface area contributed by atoms with Crippen LogP contribution >= 0.6 is 0 Å². The number of likely N-dealkylation sites (tertiary alicyclic amines) is 1. The second-order valence-corrected chi connectivity index (χ2v) is 7.63. The van der Waals surface area contributed by atoms with Gasteiger partial charge in [-0.25, -0.2) is 0 Å². The molecule has 4 rings (SSSR count). The number of hydrogen-bond donors (Lipinski definition) is 1. The summed E-state index contributed by atoms with van der Waals surface area (Å²) in [5, 5.41) is 2.82. The third-order valence-electron chi connectivity index (χ3n) is 5.75. The summed E-state index contributed by atoms with van der Waals surface area (Å²) in [7, 11) is 1.65. The Hall–Kier alpha value is -3.54. The number of amides is 2. The van der Waals surface area contributed by atoms with Gasteiger partial charge in [-0.1, -0.05) is 36.4 Å². The van der Waals surface area contributed by atoms with Crippen LogP contribution in [0.5, 0.6) is 0 Å². The molecular weight excluding hydrogens is 376 g/mol. The molecule has 0 bridgehead atoms. The predicted molar refractivity (Wildman–Crippen MR) is 115 cm³/mol. The van der Waals surface area contributed by atoms with Crippen molar-refractivity contribution < 1.29 is 9.59 Å². The molecule has 2 amide bonds. The largest absolute Gasteiger partial charge is 0.359 e. The molecule has 3 heterocycles. The lowest BCUT2D eigenvalue weighted by Gasteiger charge is -2.28. The molecule has 1 N–H and O–H groups in total. The first kappa shape index (κ1) is 19.8. The Kier molecular flexibility index (Phi) is 5.57. The highest BCUT2D eigenvalue weighted by Gasteiger charge is 2.46. The first-order valence-electron chi connectivity index (χ1n) is 10.0. The number of hydrogen-bond acceptors (Lipinski definition) is 4. The van der Waals surface area contributed by atoms with Gasteiger partial charge in [0.2, 0.25) is 5.91 Å². The molecule has 0 saturated carbocycles. The monoisotopic (exact) mass is 400 g/mol. The lowest BCUT2D eigenvalue weighted by atomic mass is 9.78. The zero-order chi connectivity index (χ0) is 21.0. The summed E-state index contributed by atoms with van der Waals surface area (Å²) >= 11 is 0. The van der Waals surface area contributed by atoms with Crippen LogP contribution in [0.15, 0.2) is 73.2 Å². The zero-order valence-corrected chi connectivity index (χ0v) is 16.9. The first-order valence-corrected chi connectivity index (χ1v) is 10.0. The quantitative estimate of drug-likeness (QED) is 0.715. The van der Waals surface area contributed by atoms with Gasteiger partial charge >= 0.3 is 0 Å². The Morgan fingerprint density at radius 1 is 1.07 bits per heavy atom. The van der Waals surface area contributed by atoms with Crippen molar-refractivity contribution in [2.24, 2.45) is 5.41 Å². The van der Waals surface area contributed by atoms with Gasteiger partial charge in [0.15, 0.2) is 0 Å². The smallest absolute Gasteiger partial charge is 0.272 e. The Bertz CT molecular complexity index is 1040. The van der Waals surface area contributed by atoms with Crippen molar-refractivity contribution in [1.82, 2.24) is 20.2 Å². The number of rotatable bonds is 5. The minimum Gasteiger partial charge on any atom is -0.359 e. The number of carbonyl (C=O) groups is 2. The van der Waals surface area contributed by atoms with Gasteiger partial charge in [0.05, 0.1) is 5.41 Å². The summed E-state index contributed by atoms with van der Waals surface area (Å²) in [5.41, 5.74) is 2.86. The highest BCUT2D eigenvalue weighted by atomic mass is 16.2. The molecule has 3 aromatic rings. The number of nitrogens with one attached hydrogen (secondary N) is 1. The van der Waals surface area contributed by atoms with Gasteiger partial charge in [-0.15, -0.1) is 0 Å². The van der Waals surface area contributed by atoms with Crippen molar-refractivity contribution in [3.63, 3.8) is 0 Å². The van der Waals surface area contributed by atoms with Crippen LogP contribution in [0.25, 0.3) is 11.1 Å². The summed E-state index contributed by atoms with van der Waals surface area (Å²) in [6, 6.07) is 17.3. The maximum atomic E-state index is 13.0. The highest BCUT2D eigenvalue weighted by Crippen LogP contribution is 2.37. The molecule has 1 aromatic carbocycles.